The van der Waals surface area contributed by atoms with Crippen molar-refractivity contribution >= 4 is 11.6 Å². The predicted molar refractivity (Wildman–Crippen MR) is 72.9 cm³/mol. The maximum atomic E-state index is 12.4. The number of nitriles is 1. The molecule has 1 heterocycles. The van der Waals surface area contributed by atoms with E-state index in [-0.39, 0.29) is 5.91 Å². The molecule has 2 aromatic rings. The largest absolute Gasteiger partial charge is 0.310 e. The predicted octanol–water partition coefficient (Wildman–Crippen LogP) is 2.54. The van der Waals surface area contributed by atoms with Gasteiger partial charge in [-0.15, -0.1) is 0 Å². The molecule has 0 bridgehead atoms. The number of rotatable bonds is 2. The fourth-order valence-corrected chi connectivity index (χ4v) is 1.84. The van der Waals surface area contributed by atoms with Crippen LogP contribution >= 0.6 is 0 Å². The van der Waals surface area contributed by atoms with Crippen LogP contribution in [0.15, 0.2) is 42.6 Å². The van der Waals surface area contributed by atoms with E-state index in [0.29, 0.717) is 16.8 Å². The van der Waals surface area contributed by atoms with Crippen LogP contribution in [0.3, 0.4) is 0 Å². The van der Waals surface area contributed by atoms with Gasteiger partial charge in [0.25, 0.3) is 5.91 Å². The minimum atomic E-state index is -0.159. The number of anilines is 1. The van der Waals surface area contributed by atoms with Crippen molar-refractivity contribution < 1.29 is 4.79 Å². The summed E-state index contributed by atoms with van der Waals surface area (Å²) in [5.74, 6) is -0.159. The highest BCUT2D eigenvalue weighted by Gasteiger charge is 2.16. The van der Waals surface area contributed by atoms with E-state index in [1.54, 1.807) is 49.6 Å². The Morgan fingerprint density at radius 2 is 2.05 bits per heavy atom. The molecule has 0 aliphatic heterocycles. The molecule has 0 atom stereocenters. The number of para-hydroxylation sites is 1. The van der Waals surface area contributed by atoms with Gasteiger partial charge in [-0.2, -0.15) is 5.26 Å². The Morgan fingerprint density at radius 1 is 1.32 bits per heavy atom. The first-order valence-electron chi connectivity index (χ1n) is 5.83. The van der Waals surface area contributed by atoms with Gasteiger partial charge in [0.1, 0.15) is 6.07 Å². The van der Waals surface area contributed by atoms with E-state index in [9.17, 15) is 4.79 Å². The molecule has 2 rings (SSSR count). The average Bonchev–Trinajstić information content (AvgIpc) is 2.45. The van der Waals surface area contributed by atoms with Crippen molar-refractivity contribution in [1.82, 2.24) is 4.98 Å². The summed E-state index contributed by atoms with van der Waals surface area (Å²) in [6, 6.07) is 12.5. The lowest BCUT2D eigenvalue weighted by Crippen LogP contribution is -2.27. The number of aryl methyl sites for hydroxylation is 1. The minimum Gasteiger partial charge on any atom is -0.310 e. The number of benzene rings is 1. The van der Waals surface area contributed by atoms with Crippen LogP contribution < -0.4 is 4.90 Å². The molecular weight excluding hydrogens is 238 g/mol. The molecule has 1 aromatic heterocycles. The summed E-state index contributed by atoms with van der Waals surface area (Å²) in [6.07, 6.45) is 1.60. The quantitative estimate of drug-likeness (QED) is 0.824. The summed E-state index contributed by atoms with van der Waals surface area (Å²) in [5.41, 5.74) is 2.42. The number of pyridine rings is 1. The van der Waals surface area contributed by atoms with Crippen LogP contribution in [-0.4, -0.2) is 17.9 Å². The van der Waals surface area contributed by atoms with Crippen LogP contribution in [0.25, 0.3) is 0 Å². The molecule has 1 amide bonds. The molecule has 0 saturated heterocycles. The molecule has 0 fully saturated rings. The second kappa shape index (κ2) is 5.32. The third-order valence-electron chi connectivity index (χ3n) is 2.83. The van der Waals surface area contributed by atoms with Gasteiger partial charge in [-0.25, -0.2) is 0 Å². The van der Waals surface area contributed by atoms with Crippen molar-refractivity contribution in [2.75, 3.05) is 11.9 Å². The number of carbonyl (C=O) groups is 1. The first-order chi connectivity index (χ1) is 9.13. The number of carbonyl (C=O) groups excluding carboxylic acids is 1. The van der Waals surface area contributed by atoms with Gasteiger partial charge in [0.15, 0.2) is 0 Å². The van der Waals surface area contributed by atoms with E-state index in [4.69, 9.17) is 5.26 Å². The lowest BCUT2D eigenvalue weighted by molar-refractivity contribution is 0.0992. The van der Waals surface area contributed by atoms with Gasteiger partial charge >= 0.3 is 0 Å². The highest BCUT2D eigenvalue weighted by Crippen LogP contribution is 2.20. The van der Waals surface area contributed by atoms with Crippen LogP contribution in [0.5, 0.6) is 0 Å². The van der Waals surface area contributed by atoms with Gasteiger partial charge in [0.2, 0.25) is 0 Å². The summed E-state index contributed by atoms with van der Waals surface area (Å²) in [4.78, 5) is 17.9. The molecule has 0 N–H and O–H groups in total. The molecule has 0 radical (unpaired) electrons. The van der Waals surface area contributed by atoms with Crippen molar-refractivity contribution in [2.45, 2.75) is 6.92 Å². The van der Waals surface area contributed by atoms with Crippen molar-refractivity contribution in [3.63, 3.8) is 0 Å². The fourth-order valence-electron chi connectivity index (χ4n) is 1.84. The molecule has 0 spiro atoms. The zero-order valence-electron chi connectivity index (χ0n) is 10.8. The molecule has 1 aromatic carbocycles. The minimum absolute atomic E-state index is 0.159. The van der Waals surface area contributed by atoms with E-state index in [2.05, 4.69) is 11.1 Å². The molecular formula is C15H13N3O. The van der Waals surface area contributed by atoms with Crippen LogP contribution in [0, 0.1) is 18.3 Å². The van der Waals surface area contributed by atoms with Gasteiger partial charge in [-0.3, -0.25) is 9.78 Å². The Hall–Kier alpha value is -2.67. The van der Waals surface area contributed by atoms with E-state index >= 15 is 0 Å². The van der Waals surface area contributed by atoms with Gasteiger partial charge in [-0.05, 0) is 31.2 Å². The van der Waals surface area contributed by atoms with Crippen molar-refractivity contribution in [2.24, 2.45) is 0 Å². The summed E-state index contributed by atoms with van der Waals surface area (Å²) >= 11 is 0. The highest BCUT2D eigenvalue weighted by atomic mass is 16.2. The van der Waals surface area contributed by atoms with Crippen molar-refractivity contribution in [3.05, 3.63) is 59.4 Å². The zero-order valence-corrected chi connectivity index (χ0v) is 10.8. The second-order valence-electron chi connectivity index (χ2n) is 4.18. The summed E-state index contributed by atoms with van der Waals surface area (Å²) in [5, 5.41) is 9.07. The lowest BCUT2D eigenvalue weighted by atomic mass is 10.1. The second-order valence-corrected chi connectivity index (χ2v) is 4.18. The highest BCUT2D eigenvalue weighted by molar-refractivity contribution is 6.06. The van der Waals surface area contributed by atoms with Crippen LogP contribution in [0.4, 0.5) is 5.69 Å². The Morgan fingerprint density at radius 3 is 2.74 bits per heavy atom. The normalized spacial score (nSPS) is 9.74. The number of hydrogen-bond acceptors (Lipinski definition) is 3. The lowest BCUT2D eigenvalue weighted by Gasteiger charge is -2.18. The van der Waals surface area contributed by atoms with Gasteiger partial charge < -0.3 is 4.90 Å². The zero-order chi connectivity index (χ0) is 13.8. The molecule has 94 valence electrons. The van der Waals surface area contributed by atoms with Gasteiger partial charge in [0, 0.05) is 24.5 Å². The Kier molecular flexibility index (Phi) is 3.58. The third-order valence-corrected chi connectivity index (χ3v) is 2.83. The smallest absolute Gasteiger partial charge is 0.258 e. The van der Waals surface area contributed by atoms with Crippen molar-refractivity contribution in [1.29, 1.82) is 5.26 Å². The Balaban J connectivity index is 2.37. The summed E-state index contributed by atoms with van der Waals surface area (Å²) < 4.78 is 0. The van der Waals surface area contributed by atoms with E-state index < -0.39 is 0 Å². The molecule has 0 unspecified atom stereocenters. The molecule has 4 nitrogen and oxygen atoms in total. The maximum absolute atomic E-state index is 12.4. The summed E-state index contributed by atoms with van der Waals surface area (Å²) in [6.45, 7) is 1.83. The number of amides is 1. The Labute approximate surface area is 111 Å². The molecule has 0 saturated carbocycles. The van der Waals surface area contributed by atoms with Crippen LogP contribution in [-0.2, 0) is 0 Å². The molecule has 0 aliphatic rings. The molecule has 19 heavy (non-hydrogen) atoms. The van der Waals surface area contributed by atoms with Gasteiger partial charge in [-0.1, -0.05) is 12.1 Å². The first kappa shape index (κ1) is 12.8. The van der Waals surface area contributed by atoms with Gasteiger partial charge in [0.05, 0.1) is 11.3 Å². The topological polar surface area (TPSA) is 57.0 Å². The SMILES string of the molecule is Cc1cc(C(=O)N(C)c2ccccc2C#N)ccn1. The van der Waals surface area contributed by atoms with Crippen LogP contribution in [0.2, 0.25) is 0 Å². The molecule has 0 aliphatic carbocycles. The number of aromatic nitrogens is 1. The summed E-state index contributed by atoms with van der Waals surface area (Å²) in [7, 11) is 1.66. The van der Waals surface area contributed by atoms with E-state index in [0.717, 1.165) is 5.69 Å². The third kappa shape index (κ3) is 2.61. The maximum Gasteiger partial charge on any atom is 0.258 e. The standard InChI is InChI=1S/C15H13N3O/c1-11-9-12(7-8-17-11)15(19)18(2)14-6-4-3-5-13(14)10-16/h3-9H,1-2H3. The number of nitrogens with zero attached hydrogens (tertiary/aromatic N) is 3. The van der Waals surface area contributed by atoms with E-state index in [1.165, 1.54) is 4.90 Å². The van der Waals surface area contributed by atoms with E-state index in [1.807, 2.05) is 6.92 Å². The number of hydrogen-bond donors (Lipinski definition) is 0. The molecule has 4 heteroatoms. The first-order valence-corrected chi connectivity index (χ1v) is 5.83. The monoisotopic (exact) mass is 251 g/mol. The van der Waals surface area contributed by atoms with Crippen molar-refractivity contribution in [3.8, 4) is 6.07 Å². The van der Waals surface area contributed by atoms with Crippen LogP contribution in [0.1, 0.15) is 21.6 Å². The Bertz CT molecular complexity index is 658. The average molecular weight is 251 g/mol. The fraction of sp³-hybridized carbons (Fsp3) is 0.133.